The molecule has 38 heavy (non-hydrogen) atoms. The Bertz CT molecular complexity index is 1430. The van der Waals surface area contributed by atoms with Crippen molar-refractivity contribution in [3.63, 3.8) is 0 Å². The first-order valence-corrected chi connectivity index (χ1v) is 13.2. The number of carbonyl (C=O) groups excluding carboxylic acids is 1. The highest BCUT2D eigenvalue weighted by molar-refractivity contribution is 7.92. The van der Waals surface area contributed by atoms with Crippen LogP contribution in [-0.2, 0) is 27.2 Å². The highest BCUT2D eigenvalue weighted by atomic mass is 32.2. The average Bonchev–Trinajstić information content (AvgIpc) is 3.18. The minimum atomic E-state index is -4.75. The quantitative estimate of drug-likeness (QED) is 0.273. The van der Waals surface area contributed by atoms with Crippen LogP contribution >= 0.6 is 0 Å². The molecule has 1 unspecified atom stereocenters. The minimum Gasteiger partial charge on any atom is -0.299 e. The molecule has 4 rings (SSSR count). The van der Waals surface area contributed by atoms with Gasteiger partial charge in [0.1, 0.15) is 23.6 Å². The van der Waals surface area contributed by atoms with E-state index in [0.29, 0.717) is 5.56 Å². The first-order chi connectivity index (χ1) is 17.8. The average molecular weight is 557 g/mol. The van der Waals surface area contributed by atoms with Crippen LogP contribution in [0.15, 0.2) is 59.8 Å². The summed E-state index contributed by atoms with van der Waals surface area (Å²) in [5.41, 5.74) is 0.383. The van der Waals surface area contributed by atoms with Crippen LogP contribution in [0.2, 0.25) is 0 Å². The van der Waals surface area contributed by atoms with E-state index in [1.165, 1.54) is 19.1 Å². The number of nitrogens with zero attached hydrogens (tertiary/aromatic N) is 2. The molecule has 1 saturated carbocycles. The van der Waals surface area contributed by atoms with E-state index >= 15 is 0 Å². The molecular formula is C26H22F6N2O3S. The van der Waals surface area contributed by atoms with Crippen molar-refractivity contribution in [1.82, 2.24) is 9.97 Å². The van der Waals surface area contributed by atoms with Crippen molar-refractivity contribution in [2.45, 2.75) is 48.7 Å². The van der Waals surface area contributed by atoms with E-state index < -0.39 is 62.5 Å². The molecule has 1 heterocycles. The smallest absolute Gasteiger partial charge is 0.299 e. The number of hydrogen-bond acceptors (Lipinski definition) is 5. The fourth-order valence-electron chi connectivity index (χ4n) is 4.77. The van der Waals surface area contributed by atoms with E-state index in [2.05, 4.69) is 9.97 Å². The number of aromatic nitrogens is 2. The Kier molecular flexibility index (Phi) is 7.64. The SMILES string of the molecule is C[C@@H]1C(S(=O)(=O)c2ccc(F)cc2)[C@H](C(=O)CCc2ccc(F)c(-c3cnc(C(F)(F)F)nc3)c2)C[C@H]1F. The van der Waals surface area contributed by atoms with Crippen molar-refractivity contribution in [2.75, 3.05) is 0 Å². The van der Waals surface area contributed by atoms with Gasteiger partial charge in [-0.1, -0.05) is 13.0 Å². The molecule has 202 valence electrons. The van der Waals surface area contributed by atoms with Gasteiger partial charge < -0.3 is 0 Å². The van der Waals surface area contributed by atoms with Gasteiger partial charge >= 0.3 is 6.18 Å². The summed E-state index contributed by atoms with van der Waals surface area (Å²) in [4.78, 5) is 19.4. The Morgan fingerprint density at radius 2 is 1.66 bits per heavy atom. The maximum absolute atomic E-state index is 14.6. The molecular weight excluding hydrogens is 534 g/mol. The number of rotatable bonds is 7. The summed E-state index contributed by atoms with van der Waals surface area (Å²) in [6, 6.07) is 7.93. The van der Waals surface area contributed by atoms with Crippen LogP contribution in [0.25, 0.3) is 11.1 Å². The lowest BCUT2D eigenvalue weighted by Crippen LogP contribution is -2.35. The fraction of sp³-hybridized carbons (Fsp3) is 0.346. The maximum atomic E-state index is 14.6. The summed E-state index contributed by atoms with van der Waals surface area (Å²) in [5, 5.41) is -1.33. The lowest BCUT2D eigenvalue weighted by molar-refractivity contribution is -0.145. The number of Topliss-reactive ketones (excluding diaryl/α,β-unsaturated/α-hetero) is 1. The van der Waals surface area contributed by atoms with E-state index in [4.69, 9.17) is 0 Å². The Morgan fingerprint density at radius 3 is 2.26 bits per heavy atom. The monoisotopic (exact) mass is 556 g/mol. The second-order valence-corrected chi connectivity index (χ2v) is 11.4. The third-order valence-electron chi connectivity index (χ3n) is 6.79. The highest BCUT2D eigenvalue weighted by Crippen LogP contribution is 2.42. The Balaban J connectivity index is 1.52. The maximum Gasteiger partial charge on any atom is 0.451 e. The predicted octanol–water partition coefficient (Wildman–Crippen LogP) is 5.78. The largest absolute Gasteiger partial charge is 0.451 e. The standard InChI is InChI=1S/C26H22F6N2O3S/c1-14-22(29)11-20(24(14)38(36,37)18-6-4-17(27)5-7-18)23(35)9-3-15-2-8-21(28)19(10-15)16-12-33-25(34-13-16)26(30,31)32/h2,4-8,10,12-14,20,22,24H,3,9,11H2,1H3/t14-,20-,22+,24?/m0/s1. The van der Waals surface area contributed by atoms with Crippen molar-refractivity contribution in [1.29, 1.82) is 0 Å². The molecule has 4 atom stereocenters. The first-order valence-electron chi connectivity index (χ1n) is 11.6. The number of carbonyl (C=O) groups is 1. The molecule has 5 nitrogen and oxygen atoms in total. The number of sulfone groups is 1. The minimum absolute atomic E-state index is 0.000907. The molecule has 1 fully saturated rings. The van der Waals surface area contributed by atoms with Gasteiger partial charge in [-0.05, 0) is 54.8 Å². The Labute approximate surface area is 214 Å². The summed E-state index contributed by atoms with van der Waals surface area (Å²) in [6.07, 6.45) is -4.99. The van der Waals surface area contributed by atoms with Gasteiger partial charge in [0.25, 0.3) is 0 Å². The van der Waals surface area contributed by atoms with E-state index in [-0.39, 0.29) is 35.3 Å². The van der Waals surface area contributed by atoms with Crippen LogP contribution in [0, 0.1) is 23.5 Å². The molecule has 0 saturated heterocycles. The number of benzene rings is 2. The van der Waals surface area contributed by atoms with E-state index in [1.807, 2.05) is 0 Å². The summed E-state index contributed by atoms with van der Waals surface area (Å²) >= 11 is 0. The van der Waals surface area contributed by atoms with Crippen LogP contribution in [-0.4, -0.2) is 35.6 Å². The molecule has 0 radical (unpaired) electrons. The second-order valence-electron chi connectivity index (χ2n) is 9.25. The molecule has 0 amide bonds. The Hall–Kier alpha value is -3.28. The van der Waals surface area contributed by atoms with Crippen molar-refractivity contribution < 1.29 is 39.6 Å². The topological polar surface area (TPSA) is 77.0 Å². The molecule has 0 aliphatic heterocycles. The zero-order chi connectivity index (χ0) is 27.8. The predicted molar refractivity (Wildman–Crippen MR) is 125 cm³/mol. The number of alkyl halides is 4. The van der Waals surface area contributed by atoms with Gasteiger partial charge in [0.2, 0.25) is 5.82 Å². The van der Waals surface area contributed by atoms with Crippen LogP contribution in [0.5, 0.6) is 0 Å². The van der Waals surface area contributed by atoms with Gasteiger partial charge in [-0.3, -0.25) is 4.79 Å². The molecule has 1 aliphatic carbocycles. The van der Waals surface area contributed by atoms with Crippen LogP contribution in [0.3, 0.4) is 0 Å². The zero-order valence-corrected chi connectivity index (χ0v) is 20.7. The highest BCUT2D eigenvalue weighted by Gasteiger charge is 2.51. The summed E-state index contributed by atoms with van der Waals surface area (Å²) in [5.74, 6) is -5.32. The number of aryl methyl sites for hydroxylation is 1. The van der Waals surface area contributed by atoms with Gasteiger partial charge in [-0.25, -0.2) is 31.6 Å². The number of hydrogen-bond donors (Lipinski definition) is 0. The number of ketones is 1. The second kappa shape index (κ2) is 10.5. The molecule has 12 heteroatoms. The van der Waals surface area contributed by atoms with Crippen molar-refractivity contribution in [3.8, 4) is 11.1 Å². The summed E-state index contributed by atoms with van der Waals surface area (Å²) in [6.45, 7) is 1.42. The molecule has 1 aliphatic rings. The van der Waals surface area contributed by atoms with Gasteiger partial charge in [-0.15, -0.1) is 0 Å². The zero-order valence-electron chi connectivity index (χ0n) is 19.9. The normalized spacial score (nSPS) is 22.0. The molecule has 0 spiro atoms. The van der Waals surface area contributed by atoms with Crippen molar-refractivity contribution >= 4 is 15.6 Å². The van der Waals surface area contributed by atoms with Gasteiger partial charge in [-0.2, -0.15) is 13.2 Å². The van der Waals surface area contributed by atoms with Crippen LogP contribution in [0.4, 0.5) is 26.3 Å². The van der Waals surface area contributed by atoms with Gasteiger partial charge in [0.15, 0.2) is 9.84 Å². The van der Waals surface area contributed by atoms with Crippen molar-refractivity contribution in [3.05, 3.63) is 77.9 Å². The van der Waals surface area contributed by atoms with Gasteiger partial charge in [0, 0.05) is 41.8 Å². The molecule has 0 N–H and O–H groups in total. The summed E-state index contributed by atoms with van der Waals surface area (Å²) in [7, 11) is -4.15. The molecule has 2 aromatic carbocycles. The van der Waals surface area contributed by atoms with E-state index in [1.54, 1.807) is 0 Å². The fourth-order valence-corrected chi connectivity index (χ4v) is 7.03. The first kappa shape index (κ1) is 27.7. The van der Waals surface area contributed by atoms with Gasteiger partial charge in [0.05, 0.1) is 10.1 Å². The van der Waals surface area contributed by atoms with Crippen LogP contribution < -0.4 is 0 Å². The lowest BCUT2D eigenvalue weighted by atomic mass is 9.94. The van der Waals surface area contributed by atoms with Crippen LogP contribution in [0.1, 0.15) is 31.2 Å². The molecule has 0 bridgehead atoms. The molecule has 3 aromatic rings. The lowest BCUT2D eigenvalue weighted by Gasteiger charge is -2.22. The van der Waals surface area contributed by atoms with E-state index in [9.17, 15) is 39.6 Å². The third kappa shape index (κ3) is 5.59. The summed E-state index contributed by atoms with van der Waals surface area (Å²) < 4.78 is 107. The van der Waals surface area contributed by atoms with Crippen molar-refractivity contribution in [2.24, 2.45) is 11.8 Å². The van der Waals surface area contributed by atoms with E-state index in [0.717, 1.165) is 42.7 Å². The third-order valence-corrected chi connectivity index (χ3v) is 9.19. The Morgan fingerprint density at radius 1 is 1.03 bits per heavy atom. The number of halogens is 6. The molecule has 1 aromatic heterocycles.